The molecule has 0 fully saturated rings. The fourth-order valence-corrected chi connectivity index (χ4v) is 2.09. The summed E-state index contributed by atoms with van der Waals surface area (Å²) in [5.41, 5.74) is 0.395. The van der Waals surface area contributed by atoms with Crippen molar-refractivity contribution in [1.29, 1.82) is 0 Å². The Morgan fingerprint density at radius 3 is 2.75 bits per heavy atom. The van der Waals surface area contributed by atoms with Crippen LogP contribution in [0.1, 0.15) is 31.7 Å². The van der Waals surface area contributed by atoms with Gasteiger partial charge in [0.05, 0.1) is 10.9 Å². The molecule has 106 valence electrons. The molecule has 0 radical (unpaired) electrons. The molecular formula is C15H16O5. The van der Waals surface area contributed by atoms with Crippen molar-refractivity contribution in [2.45, 2.75) is 32.6 Å². The van der Waals surface area contributed by atoms with Crippen molar-refractivity contribution in [1.82, 2.24) is 0 Å². The number of hydrogen-bond donors (Lipinski definition) is 1. The lowest BCUT2D eigenvalue weighted by molar-refractivity contribution is 0.132. The summed E-state index contributed by atoms with van der Waals surface area (Å²) in [6.45, 7) is 2.05. The van der Waals surface area contributed by atoms with E-state index >= 15 is 0 Å². The molecule has 1 aromatic heterocycles. The summed E-state index contributed by atoms with van der Waals surface area (Å²) in [6.07, 6.45) is 1.71. The van der Waals surface area contributed by atoms with E-state index in [-0.39, 0.29) is 11.4 Å². The lowest BCUT2D eigenvalue weighted by atomic mass is 10.1. The molecule has 0 amide bonds. The molecule has 0 saturated heterocycles. The first kappa shape index (κ1) is 14.1. The van der Waals surface area contributed by atoms with E-state index < -0.39 is 6.16 Å². The van der Waals surface area contributed by atoms with Gasteiger partial charge < -0.3 is 14.3 Å². The SMILES string of the molecule is CCCCCc1c(OC(=O)O)oc2ccccc2c1=O. The van der Waals surface area contributed by atoms with Gasteiger partial charge in [0.2, 0.25) is 0 Å². The van der Waals surface area contributed by atoms with E-state index in [4.69, 9.17) is 9.52 Å². The predicted octanol–water partition coefficient (Wildman–Crippen LogP) is 3.58. The number of para-hydroxylation sites is 1. The highest BCUT2D eigenvalue weighted by atomic mass is 16.7. The minimum Gasteiger partial charge on any atom is -0.449 e. The third kappa shape index (κ3) is 2.99. The van der Waals surface area contributed by atoms with Crippen LogP contribution in [0, 0.1) is 0 Å². The molecule has 0 bridgehead atoms. The van der Waals surface area contributed by atoms with E-state index in [0.717, 1.165) is 19.3 Å². The van der Waals surface area contributed by atoms with Crippen molar-refractivity contribution in [2.24, 2.45) is 0 Å². The maximum Gasteiger partial charge on any atom is 0.513 e. The van der Waals surface area contributed by atoms with Gasteiger partial charge in [0.1, 0.15) is 5.58 Å². The first-order chi connectivity index (χ1) is 9.63. The summed E-state index contributed by atoms with van der Waals surface area (Å²) in [7, 11) is 0. The summed E-state index contributed by atoms with van der Waals surface area (Å²) >= 11 is 0. The molecule has 1 N–H and O–H groups in total. The first-order valence-corrected chi connectivity index (χ1v) is 6.59. The molecule has 5 heteroatoms. The molecule has 0 aliphatic heterocycles. The van der Waals surface area contributed by atoms with E-state index in [2.05, 4.69) is 11.7 Å². The van der Waals surface area contributed by atoms with Crippen LogP contribution in [0.3, 0.4) is 0 Å². The van der Waals surface area contributed by atoms with Crippen molar-refractivity contribution in [3.8, 4) is 5.95 Å². The molecule has 0 aliphatic rings. The normalized spacial score (nSPS) is 10.7. The van der Waals surface area contributed by atoms with Crippen molar-refractivity contribution in [2.75, 3.05) is 0 Å². The summed E-state index contributed by atoms with van der Waals surface area (Å²) in [5.74, 6) is -0.211. The van der Waals surface area contributed by atoms with Crippen molar-refractivity contribution >= 4 is 17.1 Å². The van der Waals surface area contributed by atoms with Gasteiger partial charge in [-0.05, 0) is 25.0 Å². The molecule has 0 atom stereocenters. The monoisotopic (exact) mass is 276 g/mol. The largest absolute Gasteiger partial charge is 0.513 e. The Morgan fingerprint density at radius 1 is 1.30 bits per heavy atom. The van der Waals surface area contributed by atoms with Crippen LogP contribution in [0.15, 0.2) is 33.5 Å². The van der Waals surface area contributed by atoms with E-state index in [1.54, 1.807) is 24.3 Å². The third-order valence-electron chi connectivity index (χ3n) is 3.07. The number of hydrogen-bond acceptors (Lipinski definition) is 4. The zero-order valence-corrected chi connectivity index (χ0v) is 11.2. The van der Waals surface area contributed by atoms with Crippen LogP contribution in [0.4, 0.5) is 4.79 Å². The van der Waals surface area contributed by atoms with Gasteiger partial charge in [-0.1, -0.05) is 31.9 Å². The van der Waals surface area contributed by atoms with Gasteiger partial charge in [0.15, 0.2) is 5.43 Å². The average Bonchev–Trinajstić information content (AvgIpc) is 2.42. The molecule has 5 nitrogen and oxygen atoms in total. The van der Waals surface area contributed by atoms with Gasteiger partial charge in [-0.15, -0.1) is 0 Å². The molecule has 2 rings (SSSR count). The molecule has 2 aromatic rings. The fraction of sp³-hybridized carbons (Fsp3) is 0.333. The van der Waals surface area contributed by atoms with Crippen LogP contribution in [0.5, 0.6) is 5.95 Å². The molecule has 0 unspecified atom stereocenters. The van der Waals surface area contributed by atoms with Gasteiger partial charge in [0, 0.05) is 0 Å². The van der Waals surface area contributed by atoms with Crippen LogP contribution in [-0.4, -0.2) is 11.3 Å². The van der Waals surface area contributed by atoms with Gasteiger partial charge in [-0.2, -0.15) is 0 Å². The molecule has 20 heavy (non-hydrogen) atoms. The second-order valence-corrected chi connectivity index (χ2v) is 4.52. The number of ether oxygens (including phenoxy) is 1. The van der Waals surface area contributed by atoms with Crippen LogP contribution >= 0.6 is 0 Å². The number of benzene rings is 1. The number of rotatable bonds is 5. The summed E-state index contributed by atoms with van der Waals surface area (Å²) in [6, 6.07) is 6.73. The molecule has 1 aromatic carbocycles. The maximum absolute atomic E-state index is 12.4. The number of unbranched alkanes of at least 4 members (excludes halogenated alkanes) is 2. The standard InChI is InChI=1S/C15H16O5/c1-2-3-4-8-11-13(16)10-7-5-6-9-12(10)19-14(11)20-15(17)18/h5-7,9H,2-4,8H2,1H3,(H,17,18). The van der Waals surface area contributed by atoms with Crippen LogP contribution < -0.4 is 10.2 Å². The quantitative estimate of drug-likeness (QED) is 0.667. The topological polar surface area (TPSA) is 76.7 Å². The average molecular weight is 276 g/mol. The highest BCUT2D eigenvalue weighted by Gasteiger charge is 2.17. The highest BCUT2D eigenvalue weighted by molar-refractivity contribution is 5.78. The molecule has 0 spiro atoms. The van der Waals surface area contributed by atoms with Crippen molar-refractivity contribution < 1.29 is 19.1 Å². The Labute approximate surface area is 115 Å². The van der Waals surface area contributed by atoms with Gasteiger partial charge in [-0.25, -0.2) is 4.79 Å². The summed E-state index contributed by atoms with van der Waals surface area (Å²) < 4.78 is 10.0. The molecular weight excluding hydrogens is 260 g/mol. The molecule has 0 saturated carbocycles. The smallest absolute Gasteiger partial charge is 0.449 e. The lowest BCUT2D eigenvalue weighted by Gasteiger charge is -2.07. The van der Waals surface area contributed by atoms with E-state index in [1.807, 2.05) is 0 Å². The number of fused-ring (bicyclic) bond motifs is 1. The minimum absolute atomic E-state index is 0.211. The van der Waals surface area contributed by atoms with Gasteiger partial charge in [-0.3, -0.25) is 4.79 Å². The zero-order chi connectivity index (χ0) is 14.5. The number of carbonyl (C=O) groups is 1. The van der Waals surface area contributed by atoms with Gasteiger partial charge in [0.25, 0.3) is 0 Å². The second kappa shape index (κ2) is 6.23. The summed E-state index contributed by atoms with van der Waals surface area (Å²) in [4.78, 5) is 23.1. The Balaban J connectivity index is 2.51. The lowest BCUT2D eigenvalue weighted by Crippen LogP contribution is -2.14. The predicted molar refractivity (Wildman–Crippen MR) is 74.4 cm³/mol. The van der Waals surface area contributed by atoms with E-state index in [0.29, 0.717) is 23.0 Å². The van der Waals surface area contributed by atoms with E-state index in [1.165, 1.54) is 0 Å². The first-order valence-electron chi connectivity index (χ1n) is 6.59. The number of carboxylic acid groups (broad SMARTS) is 1. The van der Waals surface area contributed by atoms with Crippen LogP contribution in [-0.2, 0) is 6.42 Å². The minimum atomic E-state index is -1.49. The summed E-state index contributed by atoms with van der Waals surface area (Å²) in [5, 5.41) is 9.18. The molecule has 1 heterocycles. The Morgan fingerprint density at radius 2 is 2.05 bits per heavy atom. The Kier molecular flexibility index (Phi) is 4.40. The zero-order valence-electron chi connectivity index (χ0n) is 11.2. The third-order valence-corrected chi connectivity index (χ3v) is 3.07. The maximum atomic E-state index is 12.4. The Bertz CT molecular complexity index is 672. The molecule has 0 aliphatic carbocycles. The van der Waals surface area contributed by atoms with Gasteiger partial charge >= 0.3 is 12.1 Å². The van der Waals surface area contributed by atoms with Crippen molar-refractivity contribution in [3.63, 3.8) is 0 Å². The fourth-order valence-electron chi connectivity index (χ4n) is 2.09. The Hall–Kier alpha value is -2.30. The van der Waals surface area contributed by atoms with E-state index in [9.17, 15) is 9.59 Å². The van der Waals surface area contributed by atoms with Crippen LogP contribution in [0.2, 0.25) is 0 Å². The van der Waals surface area contributed by atoms with Crippen LogP contribution in [0.25, 0.3) is 11.0 Å². The second-order valence-electron chi connectivity index (χ2n) is 4.52. The van der Waals surface area contributed by atoms with Crippen molar-refractivity contribution in [3.05, 3.63) is 40.1 Å². The highest BCUT2D eigenvalue weighted by Crippen LogP contribution is 2.23.